The molecular formula is C21H24N2O2. The van der Waals surface area contributed by atoms with Gasteiger partial charge < -0.3 is 10.2 Å². The molecule has 0 radical (unpaired) electrons. The molecule has 1 N–H and O–H groups in total. The maximum Gasteiger partial charge on any atom is 0.258 e. The van der Waals surface area contributed by atoms with Crippen molar-refractivity contribution in [2.24, 2.45) is 5.41 Å². The molecule has 0 saturated heterocycles. The molecule has 4 nitrogen and oxygen atoms in total. The van der Waals surface area contributed by atoms with Crippen molar-refractivity contribution >= 4 is 23.2 Å². The van der Waals surface area contributed by atoms with E-state index in [4.69, 9.17) is 0 Å². The number of rotatable bonds is 5. The Balaban J connectivity index is 2.27. The summed E-state index contributed by atoms with van der Waals surface area (Å²) in [5.41, 5.74) is 1.42. The van der Waals surface area contributed by atoms with Crippen LogP contribution in [-0.2, 0) is 4.79 Å². The van der Waals surface area contributed by atoms with Crippen LogP contribution in [0.3, 0.4) is 0 Å². The second-order valence-corrected chi connectivity index (χ2v) is 6.82. The van der Waals surface area contributed by atoms with Gasteiger partial charge >= 0.3 is 0 Å². The van der Waals surface area contributed by atoms with Crippen LogP contribution in [0, 0.1) is 5.41 Å². The Kier molecular flexibility index (Phi) is 5.75. The fourth-order valence-corrected chi connectivity index (χ4v) is 2.25. The van der Waals surface area contributed by atoms with E-state index in [1.165, 1.54) is 0 Å². The molecule has 2 rings (SSSR count). The molecule has 2 amide bonds. The lowest BCUT2D eigenvalue weighted by Crippen LogP contribution is -2.31. The largest absolute Gasteiger partial charge is 0.326 e. The van der Waals surface area contributed by atoms with Gasteiger partial charge in [0, 0.05) is 28.9 Å². The zero-order valence-electron chi connectivity index (χ0n) is 15.0. The van der Waals surface area contributed by atoms with E-state index in [0.29, 0.717) is 17.8 Å². The van der Waals surface area contributed by atoms with E-state index in [9.17, 15) is 9.59 Å². The van der Waals surface area contributed by atoms with Gasteiger partial charge in [-0.1, -0.05) is 51.1 Å². The molecule has 0 atom stereocenters. The highest BCUT2D eigenvalue weighted by Gasteiger charge is 2.22. The number of para-hydroxylation sites is 1. The number of hydrogen-bond acceptors (Lipinski definition) is 2. The van der Waals surface area contributed by atoms with E-state index >= 15 is 0 Å². The molecule has 0 aliphatic heterocycles. The van der Waals surface area contributed by atoms with Gasteiger partial charge in [0.1, 0.15) is 0 Å². The number of carbonyl (C=O) groups is 2. The second kappa shape index (κ2) is 7.79. The first kappa shape index (κ1) is 18.5. The minimum Gasteiger partial charge on any atom is -0.326 e. The monoisotopic (exact) mass is 336 g/mol. The number of carbonyl (C=O) groups excluding carboxylic acids is 2. The van der Waals surface area contributed by atoms with E-state index in [1.54, 1.807) is 35.2 Å². The quantitative estimate of drug-likeness (QED) is 0.817. The normalized spacial score (nSPS) is 10.8. The number of hydrogen-bond donors (Lipinski definition) is 1. The van der Waals surface area contributed by atoms with Crippen LogP contribution in [0.15, 0.2) is 67.3 Å². The summed E-state index contributed by atoms with van der Waals surface area (Å²) < 4.78 is 0. The molecule has 0 spiro atoms. The van der Waals surface area contributed by atoms with Crippen LogP contribution in [-0.4, -0.2) is 18.4 Å². The Hall–Kier alpha value is -2.88. The molecule has 0 heterocycles. The Bertz CT molecular complexity index is 761. The molecule has 0 unspecified atom stereocenters. The van der Waals surface area contributed by atoms with Crippen molar-refractivity contribution in [1.29, 1.82) is 0 Å². The van der Waals surface area contributed by atoms with Crippen molar-refractivity contribution in [3.63, 3.8) is 0 Å². The zero-order chi connectivity index (χ0) is 18.4. The molecule has 2 aromatic rings. The van der Waals surface area contributed by atoms with Crippen molar-refractivity contribution in [1.82, 2.24) is 0 Å². The summed E-state index contributed by atoms with van der Waals surface area (Å²) in [4.78, 5) is 26.7. The SMILES string of the molecule is C=CCN(C(=O)c1cccc(NC(=O)C(C)(C)C)c1)c1ccccc1. The minimum atomic E-state index is -0.501. The van der Waals surface area contributed by atoms with Gasteiger partial charge in [0.05, 0.1) is 0 Å². The Morgan fingerprint density at radius 2 is 1.76 bits per heavy atom. The standard InChI is InChI=1S/C21H24N2O2/c1-5-14-23(18-12-7-6-8-13-18)19(24)16-10-9-11-17(15-16)22-20(25)21(2,3)4/h5-13,15H,1,14H2,2-4H3,(H,22,25). The van der Waals surface area contributed by atoms with Gasteiger partial charge in [-0.05, 0) is 30.3 Å². The van der Waals surface area contributed by atoms with Gasteiger partial charge in [0.15, 0.2) is 0 Å². The molecule has 25 heavy (non-hydrogen) atoms. The predicted octanol–water partition coefficient (Wildman–Crippen LogP) is 4.50. The number of amides is 2. The van der Waals surface area contributed by atoms with Gasteiger partial charge in [0.2, 0.25) is 5.91 Å². The highest BCUT2D eigenvalue weighted by molar-refractivity contribution is 6.07. The number of nitrogens with zero attached hydrogens (tertiary/aromatic N) is 1. The molecule has 0 aliphatic rings. The third-order valence-corrected chi connectivity index (χ3v) is 3.67. The smallest absolute Gasteiger partial charge is 0.258 e. The molecule has 130 valence electrons. The zero-order valence-corrected chi connectivity index (χ0v) is 15.0. The number of anilines is 2. The van der Waals surface area contributed by atoms with Crippen molar-refractivity contribution in [3.8, 4) is 0 Å². The van der Waals surface area contributed by atoms with E-state index in [-0.39, 0.29) is 11.8 Å². The molecular weight excluding hydrogens is 312 g/mol. The van der Waals surface area contributed by atoms with Gasteiger partial charge in [-0.25, -0.2) is 0 Å². The third kappa shape index (κ3) is 4.80. The van der Waals surface area contributed by atoms with Gasteiger partial charge in [-0.3, -0.25) is 9.59 Å². The molecule has 0 fully saturated rings. The summed E-state index contributed by atoms with van der Waals surface area (Å²) in [6, 6.07) is 16.4. The van der Waals surface area contributed by atoms with Crippen LogP contribution in [0.4, 0.5) is 11.4 Å². The molecule has 0 aromatic heterocycles. The van der Waals surface area contributed by atoms with Crippen LogP contribution < -0.4 is 10.2 Å². The molecule has 0 bridgehead atoms. The van der Waals surface area contributed by atoms with E-state index in [1.807, 2.05) is 51.1 Å². The number of nitrogens with one attached hydrogen (secondary N) is 1. The summed E-state index contributed by atoms with van der Waals surface area (Å²) in [5, 5.41) is 2.86. The van der Waals surface area contributed by atoms with E-state index < -0.39 is 5.41 Å². The molecule has 0 saturated carbocycles. The van der Waals surface area contributed by atoms with Crippen molar-refractivity contribution in [2.45, 2.75) is 20.8 Å². The maximum absolute atomic E-state index is 12.9. The first-order valence-electron chi connectivity index (χ1n) is 8.22. The van der Waals surface area contributed by atoms with Crippen molar-refractivity contribution in [3.05, 3.63) is 72.8 Å². The highest BCUT2D eigenvalue weighted by atomic mass is 16.2. The first-order valence-corrected chi connectivity index (χ1v) is 8.22. The predicted molar refractivity (Wildman–Crippen MR) is 103 cm³/mol. The van der Waals surface area contributed by atoms with Crippen molar-refractivity contribution < 1.29 is 9.59 Å². The summed E-state index contributed by atoms with van der Waals surface area (Å²) in [6.07, 6.45) is 1.69. The lowest BCUT2D eigenvalue weighted by molar-refractivity contribution is -0.123. The molecule has 4 heteroatoms. The van der Waals surface area contributed by atoms with E-state index in [0.717, 1.165) is 5.69 Å². The van der Waals surface area contributed by atoms with Gasteiger partial charge in [-0.2, -0.15) is 0 Å². The summed E-state index contributed by atoms with van der Waals surface area (Å²) >= 11 is 0. The average Bonchev–Trinajstić information content (AvgIpc) is 2.59. The first-order chi connectivity index (χ1) is 11.8. The topological polar surface area (TPSA) is 49.4 Å². The van der Waals surface area contributed by atoms with Gasteiger partial charge in [0.25, 0.3) is 5.91 Å². The minimum absolute atomic E-state index is 0.0943. The summed E-state index contributed by atoms with van der Waals surface area (Å²) in [7, 11) is 0. The maximum atomic E-state index is 12.9. The highest BCUT2D eigenvalue weighted by Crippen LogP contribution is 2.21. The number of benzene rings is 2. The Labute approximate surface area is 149 Å². The van der Waals surface area contributed by atoms with Crippen LogP contribution in [0.25, 0.3) is 0 Å². The van der Waals surface area contributed by atoms with E-state index in [2.05, 4.69) is 11.9 Å². The molecule has 0 aliphatic carbocycles. The lowest BCUT2D eigenvalue weighted by Gasteiger charge is -2.22. The summed E-state index contributed by atoms with van der Waals surface area (Å²) in [6.45, 7) is 9.68. The van der Waals surface area contributed by atoms with Gasteiger partial charge in [-0.15, -0.1) is 6.58 Å². The van der Waals surface area contributed by atoms with Crippen LogP contribution in [0.2, 0.25) is 0 Å². The third-order valence-electron chi connectivity index (χ3n) is 3.67. The molecule has 2 aromatic carbocycles. The van der Waals surface area contributed by atoms with Crippen LogP contribution in [0.5, 0.6) is 0 Å². The Morgan fingerprint density at radius 3 is 2.36 bits per heavy atom. The average molecular weight is 336 g/mol. The summed E-state index contributed by atoms with van der Waals surface area (Å²) in [5.74, 6) is -0.235. The van der Waals surface area contributed by atoms with Crippen molar-refractivity contribution in [2.75, 3.05) is 16.8 Å². The second-order valence-electron chi connectivity index (χ2n) is 6.82. The fraction of sp³-hybridized carbons (Fsp3) is 0.238. The fourth-order valence-electron chi connectivity index (χ4n) is 2.25. The van der Waals surface area contributed by atoms with Crippen LogP contribution >= 0.6 is 0 Å². The lowest BCUT2D eigenvalue weighted by atomic mass is 9.95. The Morgan fingerprint density at radius 1 is 1.08 bits per heavy atom. The van der Waals surface area contributed by atoms with Crippen LogP contribution in [0.1, 0.15) is 31.1 Å².